The maximum absolute atomic E-state index is 12.5. The van der Waals surface area contributed by atoms with Gasteiger partial charge in [-0.2, -0.15) is 0 Å². The van der Waals surface area contributed by atoms with Crippen molar-refractivity contribution in [3.63, 3.8) is 0 Å². The lowest BCUT2D eigenvalue weighted by molar-refractivity contribution is -0.929. The summed E-state index contributed by atoms with van der Waals surface area (Å²) >= 11 is 0. The number of unbranched alkanes of at least 4 members (excludes halogenated alkanes) is 16. The summed E-state index contributed by atoms with van der Waals surface area (Å²) in [5.74, 6) is -14.4. The molecule has 1 aromatic rings. The first kappa shape index (κ1) is 41.3. The van der Waals surface area contributed by atoms with E-state index in [0.29, 0.717) is 0 Å². The van der Waals surface area contributed by atoms with E-state index in [9.17, 15) is 31.9 Å². The number of aromatic carboxylic acids is 1. The standard InChI is InChI=1S/C28H60N.C7HF5O2/c1-5-9-13-17-21-25-29(26-22-18-14-10-6-2,27-23-19-15-11-7-3)28-24-20-16-12-8-4;8-2-1(7(13)14)3(9)5(11)6(12)4(2)10/h5-28H2,1-4H3;(H,13,14)/q+1;/p-1. The van der Waals surface area contributed by atoms with Crippen LogP contribution >= 0.6 is 0 Å². The Balaban J connectivity index is 0.00000104. The van der Waals surface area contributed by atoms with Gasteiger partial charge in [-0.05, 0) is 51.4 Å². The van der Waals surface area contributed by atoms with Crippen LogP contribution in [0.2, 0.25) is 0 Å². The van der Waals surface area contributed by atoms with Crippen LogP contribution in [0, 0.1) is 29.1 Å². The van der Waals surface area contributed by atoms with Crippen molar-refractivity contribution in [3.8, 4) is 0 Å². The van der Waals surface area contributed by atoms with Crippen LogP contribution < -0.4 is 5.11 Å². The third-order valence-corrected chi connectivity index (χ3v) is 8.36. The molecule has 0 saturated carbocycles. The van der Waals surface area contributed by atoms with E-state index >= 15 is 0 Å². The summed E-state index contributed by atoms with van der Waals surface area (Å²) in [6.45, 7) is 15.2. The summed E-state index contributed by atoms with van der Waals surface area (Å²) < 4.78 is 63.4. The molecule has 0 atom stereocenters. The number of carbonyl (C=O) groups excluding carboxylic acids is 1. The number of hydrogen-bond acceptors (Lipinski definition) is 2. The Hall–Kier alpha value is -1.70. The molecule has 43 heavy (non-hydrogen) atoms. The van der Waals surface area contributed by atoms with Gasteiger partial charge >= 0.3 is 0 Å². The second kappa shape index (κ2) is 25.6. The van der Waals surface area contributed by atoms with Crippen LogP contribution in [0.1, 0.15) is 166 Å². The van der Waals surface area contributed by atoms with E-state index in [0.717, 1.165) is 0 Å². The van der Waals surface area contributed by atoms with E-state index in [1.165, 1.54) is 159 Å². The number of carbonyl (C=O) groups is 1. The number of carboxylic acids is 1. The highest BCUT2D eigenvalue weighted by molar-refractivity contribution is 5.86. The Morgan fingerprint density at radius 3 is 0.907 bits per heavy atom. The van der Waals surface area contributed by atoms with Crippen LogP contribution in [0.4, 0.5) is 22.0 Å². The third-order valence-electron chi connectivity index (χ3n) is 8.36. The largest absolute Gasteiger partial charge is 0.545 e. The van der Waals surface area contributed by atoms with Gasteiger partial charge in [0.1, 0.15) is 0 Å². The highest BCUT2D eigenvalue weighted by atomic mass is 19.2. The minimum atomic E-state index is -2.47. The first-order valence-electron chi connectivity index (χ1n) is 17.2. The first-order chi connectivity index (χ1) is 20.6. The molecule has 0 saturated heterocycles. The Labute approximate surface area is 259 Å². The number of halogens is 5. The number of quaternary nitrogens is 1. The molecule has 0 heterocycles. The summed E-state index contributed by atoms with van der Waals surface area (Å²) in [6.07, 6.45) is 28.8. The molecule has 0 aromatic heterocycles. The predicted octanol–water partition coefficient (Wildman–Crippen LogP) is 10.4. The molecule has 0 aliphatic heterocycles. The minimum absolute atomic E-state index is 1.37. The Morgan fingerprint density at radius 2 is 0.674 bits per heavy atom. The molecule has 0 N–H and O–H groups in total. The van der Waals surface area contributed by atoms with Crippen LogP contribution in [-0.2, 0) is 0 Å². The normalized spacial score (nSPS) is 11.5. The lowest BCUT2D eigenvalue weighted by atomic mass is 10.1. The molecular weight excluding hydrogens is 561 g/mol. The fraction of sp³-hybridized carbons (Fsp3) is 0.800. The highest BCUT2D eigenvalue weighted by Gasteiger charge is 2.27. The van der Waals surface area contributed by atoms with Gasteiger partial charge in [-0.3, -0.25) is 0 Å². The van der Waals surface area contributed by atoms with Crippen LogP contribution in [0.15, 0.2) is 0 Å². The molecule has 0 radical (unpaired) electrons. The number of benzene rings is 1. The second-order valence-corrected chi connectivity index (χ2v) is 12.1. The molecule has 0 aliphatic rings. The van der Waals surface area contributed by atoms with Gasteiger partial charge in [0.05, 0.1) is 37.7 Å². The maximum Gasteiger partial charge on any atom is 0.200 e. The van der Waals surface area contributed by atoms with Crippen molar-refractivity contribution < 1.29 is 36.3 Å². The van der Waals surface area contributed by atoms with Gasteiger partial charge in [-0.1, -0.05) is 105 Å². The van der Waals surface area contributed by atoms with E-state index in [1.54, 1.807) is 0 Å². The molecular formula is C35H60F5NO2. The van der Waals surface area contributed by atoms with Crippen molar-refractivity contribution in [3.05, 3.63) is 34.6 Å². The van der Waals surface area contributed by atoms with Gasteiger partial charge in [0.25, 0.3) is 0 Å². The van der Waals surface area contributed by atoms with Gasteiger partial charge in [-0.15, -0.1) is 0 Å². The fourth-order valence-corrected chi connectivity index (χ4v) is 5.66. The highest BCUT2D eigenvalue weighted by Crippen LogP contribution is 2.23. The zero-order valence-electron chi connectivity index (χ0n) is 27.6. The zero-order chi connectivity index (χ0) is 32.5. The number of rotatable bonds is 25. The monoisotopic (exact) mass is 621 g/mol. The lowest BCUT2D eigenvalue weighted by Crippen LogP contribution is -2.50. The Bertz CT molecular complexity index is 775. The van der Waals surface area contributed by atoms with Crippen molar-refractivity contribution in [2.45, 2.75) is 156 Å². The molecule has 0 aliphatic carbocycles. The smallest absolute Gasteiger partial charge is 0.200 e. The molecule has 252 valence electrons. The second-order valence-electron chi connectivity index (χ2n) is 12.1. The van der Waals surface area contributed by atoms with Crippen LogP contribution in [-0.4, -0.2) is 36.6 Å². The van der Waals surface area contributed by atoms with Gasteiger partial charge in [0, 0.05) is 0 Å². The van der Waals surface area contributed by atoms with Crippen molar-refractivity contribution in [2.24, 2.45) is 0 Å². The van der Waals surface area contributed by atoms with E-state index in [4.69, 9.17) is 0 Å². The van der Waals surface area contributed by atoms with E-state index in [2.05, 4.69) is 27.7 Å². The van der Waals surface area contributed by atoms with Crippen molar-refractivity contribution >= 4 is 5.97 Å². The molecule has 0 spiro atoms. The van der Waals surface area contributed by atoms with Crippen LogP contribution in [0.3, 0.4) is 0 Å². The molecule has 1 rings (SSSR count). The predicted molar refractivity (Wildman–Crippen MR) is 165 cm³/mol. The molecule has 0 fully saturated rings. The minimum Gasteiger partial charge on any atom is -0.545 e. The quantitative estimate of drug-likeness (QED) is 0.0358. The van der Waals surface area contributed by atoms with Gasteiger partial charge in [0.2, 0.25) is 5.82 Å². The average molecular weight is 622 g/mol. The van der Waals surface area contributed by atoms with Gasteiger partial charge in [-0.25, -0.2) is 22.0 Å². The molecule has 3 nitrogen and oxygen atoms in total. The summed E-state index contributed by atoms with van der Waals surface area (Å²) in [4.78, 5) is 10.0. The summed E-state index contributed by atoms with van der Waals surface area (Å²) in [6, 6.07) is 0. The zero-order valence-corrected chi connectivity index (χ0v) is 27.6. The van der Waals surface area contributed by atoms with Crippen molar-refractivity contribution in [2.75, 3.05) is 26.2 Å². The first-order valence-corrected chi connectivity index (χ1v) is 17.2. The summed E-state index contributed by atoms with van der Waals surface area (Å²) in [7, 11) is 0. The topological polar surface area (TPSA) is 40.1 Å². The van der Waals surface area contributed by atoms with Gasteiger partial charge in [0.15, 0.2) is 23.3 Å². The number of hydrogen-bond donors (Lipinski definition) is 0. The fourth-order valence-electron chi connectivity index (χ4n) is 5.66. The lowest BCUT2D eigenvalue weighted by Gasteiger charge is -2.39. The molecule has 0 bridgehead atoms. The SMILES string of the molecule is CCCCCCC[N+](CCCCCCC)(CCCCCCC)CCCCCCC.O=C([O-])c1c(F)c(F)c(F)c(F)c1F. The molecule has 1 aromatic carbocycles. The molecule has 0 unspecified atom stereocenters. The Morgan fingerprint density at radius 1 is 0.442 bits per heavy atom. The number of carboxylic acid groups (broad SMARTS) is 1. The van der Waals surface area contributed by atoms with Crippen LogP contribution in [0.5, 0.6) is 0 Å². The summed E-state index contributed by atoms with van der Waals surface area (Å²) in [5, 5.41) is 10.0. The average Bonchev–Trinajstić information content (AvgIpc) is 2.99. The maximum atomic E-state index is 12.5. The summed E-state index contributed by atoms with van der Waals surface area (Å²) in [5.41, 5.74) is -1.97. The van der Waals surface area contributed by atoms with Crippen molar-refractivity contribution in [1.29, 1.82) is 0 Å². The molecule has 8 heteroatoms. The van der Waals surface area contributed by atoms with Crippen LogP contribution in [0.25, 0.3) is 0 Å². The van der Waals surface area contributed by atoms with Gasteiger partial charge < -0.3 is 14.4 Å². The van der Waals surface area contributed by atoms with E-state index in [1.807, 2.05) is 0 Å². The number of nitrogens with zero attached hydrogens (tertiary/aromatic N) is 1. The van der Waals surface area contributed by atoms with E-state index < -0.39 is 40.6 Å². The van der Waals surface area contributed by atoms with E-state index in [-0.39, 0.29) is 0 Å². The molecule has 0 amide bonds. The third kappa shape index (κ3) is 17.4. The van der Waals surface area contributed by atoms with Crippen molar-refractivity contribution in [1.82, 2.24) is 0 Å². The Kier molecular flexibility index (Phi) is 24.6.